The molecule has 0 aromatic rings. The largest absolute Gasteiger partial charge is 0.198 e. The minimum atomic E-state index is 0.654. The number of rotatable bonds is 8. The van der Waals surface area contributed by atoms with Gasteiger partial charge in [0, 0.05) is 12.8 Å². The van der Waals surface area contributed by atoms with E-state index in [0.29, 0.717) is 12.8 Å². The summed E-state index contributed by atoms with van der Waals surface area (Å²) in [5.41, 5.74) is 1.26. The van der Waals surface area contributed by atoms with Crippen molar-refractivity contribution < 1.29 is 0 Å². The highest BCUT2D eigenvalue weighted by Crippen LogP contribution is 2.14. The van der Waals surface area contributed by atoms with Gasteiger partial charge in [-0.25, -0.2) is 0 Å². The van der Waals surface area contributed by atoms with E-state index in [-0.39, 0.29) is 0 Å². The second kappa shape index (κ2) is 9.81. The third-order valence-electron chi connectivity index (χ3n) is 2.14. The summed E-state index contributed by atoms with van der Waals surface area (Å²) in [4.78, 5) is 0. The molecule has 0 spiro atoms. The minimum absolute atomic E-state index is 0.654. The Kier molecular flexibility index (Phi) is 8.91. The fraction of sp³-hybridized carbons (Fsp3) is 0.667. The molecule has 0 bridgehead atoms. The van der Waals surface area contributed by atoms with Crippen LogP contribution in [0.25, 0.3) is 0 Å². The minimum Gasteiger partial charge on any atom is -0.198 e. The third kappa shape index (κ3) is 8.81. The van der Waals surface area contributed by atoms with Gasteiger partial charge < -0.3 is 0 Å². The molecule has 0 fully saturated rings. The Morgan fingerprint density at radius 2 is 1.29 bits per heavy atom. The molecule has 0 rings (SSSR count). The molecule has 0 heterocycles. The van der Waals surface area contributed by atoms with Gasteiger partial charge in [0.05, 0.1) is 12.1 Å². The van der Waals surface area contributed by atoms with Gasteiger partial charge in [-0.2, -0.15) is 10.5 Å². The zero-order valence-electron chi connectivity index (χ0n) is 8.76. The average molecular weight is 190 g/mol. The van der Waals surface area contributed by atoms with Crippen LogP contribution in [0.4, 0.5) is 0 Å². The maximum atomic E-state index is 8.33. The first-order chi connectivity index (χ1) is 6.81. The Balaban J connectivity index is 3.21. The molecule has 0 aliphatic carbocycles. The molecular weight excluding hydrogens is 172 g/mol. The van der Waals surface area contributed by atoms with Crippen molar-refractivity contribution in [2.24, 2.45) is 0 Å². The lowest BCUT2D eigenvalue weighted by Gasteiger charge is -2.03. The molecule has 0 radical (unpaired) electrons. The number of nitrogens with zero attached hydrogens (tertiary/aromatic N) is 2. The molecule has 0 aliphatic heterocycles. The number of nitriles is 2. The molecule has 0 aliphatic rings. The van der Waals surface area contributed by atoms with Crippen LogP contribution in [-0.2, 0) is 0 Å². The predicted octanol–water partition coefficient (Wildman–Crippen LogP) is 3.71. The summed E-state index contributed by atoms with van der Waals surface area (Å²) in [6.45, 7) is 3.98. The van der Waals surface area contributed by atoms with Crippen LogP contribution in [0.1, 0.15) is 51.4 Å². The predicted molar refractivity (Wildman–Crippen MR) is 57.3 cm³/mol. The number of hydrogen-bond acceptors (Lipinski definition) is 2. The van der Waals surface area contributed by atoms with Crippen molar-refractivity contribution in [1.82, 2.24) is 0 Å². The Hall–Kier alpha value is -1.28. The third-order valence-corrected chi connectivity index (χ3v) is 2.14. The van der Waals surface area contributed by atoms with Gasteiger partial charge in [0.25, 0.3) is 0 Å². The summed E-state index contributed by atoms with van der Waals surface area (Å²) >= 11 is 0. The van der Waals surface area contributed by atoms with Crippen molar-refractivity contribution in [3.05, 3.63) is 12.2 Å². The van der Waals surface area contributed by atoms with E-state index in [4.69, 9.17) is 10.5 Å². The topological polar surface area (TPSA) is 47.6 Å². The Morgan fingerprint density at radius 3 is 1.64 bits per heavy atom. The van der Waals surface area contributed by atoms with E-state index >= 15 is 0 Å². The summed E-state index contributed by atoms with van der Waals surface area (Å²) in [5, 5.41) is 16.7. The number of allylic oxidation sites excluding steroid dienone is 1. The maximum absolute atomic E-state index is 8.33. The second-order valence-corrected chi connectivity index (χ2v) is 3.48. The summed E-state index contributed by atoms with van der Waals surface area (Å²) in [6, 6.07) is 4.27. The van der Waals surface area contributed by atoms with Gasteiger partial charge in [-0.05, 0) is 38.5 Å². The van der Waals surface area contributed by atoms with Gasteiger partial charge in [0.15, 0.2) is 0 Å². The van der Waals surface area contributed by atoms with Gasteiger partial charge >= 0.3 is 0 Å². The molecule has 14 heavy (non-hydrogen) atoms. The van der Waals surface area contributed by atoms with Gasteiger partial charge in [-0.3, -0.25) is 0 Å². The van der Waals surface area contributed by atoms with E-state index in [2.05, 4.69) is 18.7 Å². The first-order valence-corrected chi connectivity index (χ1v) is 5.21. The molecule has 0 unspecified atom stereocenters. The first kappa shape index (κ1) is 12.7. The van der Waals surface area contributed by atoms with Crippen molar-refractivity contribution in [2.45, 2.75) is 51.4 Å². The highest BCUT2D eigenvalue weighted by molar-refractivity contribution is 4.93. The van der Waals surface area contributed by atoms with E-state index < -0.39 is 0 Å². The SMILES string of the molecule is C=C(CCCCC#N)CCCCC#N. The molecular formula is C12H18N2. The lowest BCUT2D eigenvalue weighted by Crippen LogP contribution is -1.84. The van der Waals surface area contributed by atoms with Crippen molar-refractivity contribution in [3.63, 3.8) is 0 Å². The van der Waals surface area contributed by atoms with Crippen molar-refractivity contribution in [1.29, 1.82) is 10.5 Å². The Bertz CT molecular complexity index is 206. The summed E-state index contributed by atoms with van der Waals surface area (Å²) in [7, 11) is 0. The molecule has 0 aromatic heterocycles. The molecule has 76 valence electrons. The number of unbranched alkanes of at least 4 members (excludes halogenated alkanes) is 4. The lowest BCUT2D eigenvalue weighted by atomic mass is 10.0. The van der Waals surface area contributed by atoms with Crippen LogP contribution in [0.3, 0.4) is 0 Å². The molecule has 2 nitrogen and oxygen atoms in total. The highest BCUT2D eigenvalue weighted by Gasteiger charge is 1.95. The molecule has 0 amide bonds. The standard InChI is InChI=1S/C12H18N2/c1-12(8-4-2-6-10-13)9-5-3-7-11-14/h1-9H2. The van der Waals surface area contributed by atoms with Crippen molar-refractivity contribution in [2.75, 3.05) is 0 Å². The van der Waals surface area contributed by atoms with Crippen molar-refractivity contribution in [3.8, 4) is 12.1 Å². The monoisotopic (exact) mass is 190 g/mol. The van der Waals surface area contributed by atoms with Crippen LogP contribution < -0.4 is 0 Å². The first-order valence-electron chi connectivity index (χ1n) is 5.21. The van der Waals surface area contributed by atoms with E-state index in [1.54, 1.807) is 0 Å². The quantitative estimate of drug-likeness (QED) is 0.432. The summed E-state index contributed by atoms with van der Waals surface area (Å²) in [5.74, 6) is 0. The zero-order valence-corrected chi connectivity index (χ0v) is 8.76. The fourth-order valence-corrected chi connectivity index (χ4v) is 1.28. The molecule has 0 aromatic carbocycles. The van der Waals surface area contributed by atoms with Crippen LogP contribution in [0.2, 0.25) is 0 Å². The van der Waals surface area contributed by atoms with Crippen LogP contribution in [0.15, 0.2) is 12.2 Å². The highest BCUT2D eigenvalue weighted by atomic mass is 14.2. The van der Waals surface area contributed by atoms with Crippen LogP contribution in [0.5, 0.6) is 0 Å². The van der Waals surface area contributed by atoms with E-state index in [9.17, 15) is 0 Å². The molecule has 0 saturated heterocycles. The molecule has 0 saturated carbocycles. The molecule has 0 atom stereocenters. The zero-order chi connectivity index (χ0) is 10.6. The average Bonchev–Trinajstić information content (AvgIpc) is 2.19. The normalized spacial score (nSPS) is 9.00. The van der Waals surface area contributed by atoms with E-state index in [1.807, 2.05) is 0 Å². The van der Waals surface area contributed by atoms with Crippen molar-refractivity contribution >= 4 is 0 Å². The summed E-state index contributed by atoms with van der Waals surface area (Å²) < 4.78 is 0. The van der Waals surface area contributed by atoms with E-state index in [1.165, 1.54) is 5.57 Å². The smallest absolute Gasteiger partial charge is 0.0621 e. The van der Waals surface area contributed by atoms with Gasteiger partial charge in [0.1, 0.15) is 0 Å². The Labute approximate surface area is 86.8 Å². The van der Waals surface area contributed by atoms with Crippen LogP contribution >= 0.6 is 0 Å². The summed E-state index contributed by atoms with van der Waals surface area (Å²) in [6.07, 6.45) is 7.49. The molecule has 2 heteroatoms. The lowest BCUT2D eigenvalue weighted by molar-refractivity contribution is 0.686. The van der Waals surface area contributed by atoms with E-state index in [0.717, 1.165) is 38.5 Å². The molecule has 0 N–H and O–H groups in total. The fourth-order valence-electron chi connectivity index (χ4n) is 1.28. The second-order valence-electron chi connectivity index (χ2n) is 3.48. The van der Waals surface area contributed by atoms with Gasteiger partial charge in [-0.1, -0.05) is 12.2 Å². The van der Waals surface area contributed by atoms with Gasteiger partial charge in [0.2, 0.25) is 0 Å². The van der Waals surface area contributed by atoms with Crippen LogP contribution in [0, 0.1) is 22.7 Å². The van der Waals surface area contributed by atoms with Gasteiger partial charge in [-0.15, -0.1) is 0 Å². The Morgan fingerprint density at radius 1 is 0.857 bits per heavy atom. The maximum Gasteiger partial charge on any atom is 0.0621 e. The number of hydrogen-bond donors (Lipinski definition) is 0. The van der Waals surface area contributed by atoms with Crippen LogP contribution in [-0.4, -0.2) is 0 Å².